The Hall–Kier alpha value is -2.91. The molecule has 0 saturated heterocycles. The summed E-state index contributed by atoms with van der Waals surface area (Å²) in [4.78, 5) is 35.9. The lowest BCUT2D eigenvalue weighted by Gasteiger charge is -2.18. The Bertz CT molecular complexity index is 832. The van der Waals surface area contributed by atoms with Gasteiger partial charge >= 0.3 is 18.0 Å². The van der Waals surface area contributed by atoms with Crippen LogP contribution in [0, 0.1) is 0 Å². The van der Waals surface area contributed by atoms with Crippen molar-refractivity contribution in [2.45, 2.75) is 19.4 Å². The second-order valence-corrected chi connectivity index (χ2v) is 6.88. The Kier molecular flexibility index (Phi) is 6.54. The van der Waals surface area contributed by atoms with Crippen molar-refractivity contribution >= 4 is 34.3 Å². The molecule has 0 aliphatic rings. The number of ether oxygens (including phenoxy) is 1. The number of hydrogen-bond acceptors (Lipinski definition) is 6. The van der Waals surface area contributed by atoms with Gasteiger partial charge in [-0.25, -0.2) is 14.4 Å². The Morgan fingerprint density at radius 3 is 2.48 bits per heavy atom. The molecule has 144 valence electrons. The quantitative estimate of drug-likeness (QED) is 0.537. The SMILES string of the molecule is CCOC(=O)c1cc(-c2ccccc2)sc1NC(=O)NCC(C)(O)C(=O)O. The maximum absolute atomic E-state index is 12.2. The van der Waals surface area contributed by atoms with Crippen molar-refractivity contribution in [1.29, 1.82) is 0 Å². The van der Waals surface area contributed by atoms with Crippen molar-refractivity contribution in [3.63, 3.8) is 0 Å². The predicted octanol–water partition coefficient (Wildman–Crippen LogP) is 2.55. The van der Waals surface area contributed by atoms with Gasteiger partial charge in [-0.15, -0.1) is 11.3 Å². The highest BCUT2D eigenvalue weighted by Gasteiger charge is 2.30. The first-order valence-electron chi connectivity index (χ1n) is 8.11. The molecule has 0 fully saturated rings. The van der Waals surface area contributed by atoms with Crippen molar-refractivity contribution in [3.05, 3.63) is 42.0 Å². The van der Waals surface area contributed by atoms with Crippen LogP contribution in [0.1, 0.15) is 24.2 Å². The van der Waals surface area contributed by atoms with Gasteiger partial charge < -0.3 is 20.3 Å². The molecular formula is C18H20N2O6S. The standard InChI is InChI=1S/C18H20N2O6S/c1-3-26-15(21)12-9-13(11-7-5-4-6-8-11)27-14(12)20-17(24)19-10-18(2,25)16(22)23/h4-9,25H,3,10H2,1-2H3,(H,22,23)(H2,19,20,24). The van der Waals surface area contributed by atoms with Gasteiger partial charge in [0.25, 0.3) is 0 Å². The molecular weight excluding hydrogens is 372 g/mol. The number of carbonyl (C=O) groups excluding carboxylic acids is 2. The highest BCUT2D eigenvalue weighted by Crippen LogP contribution is 2.35. The van der Waals surface area contributed by atoms with Crippen LogP contribution in [0.25, 0.3) is 10.4 Å². The number of carbonyl (C=O) groups is 3. The summed E-state index contributed by atoms with van der Waals surface area (Å²) in [5.41, 5.74) is -1.04. The third kappa shape index (κ3) is 5.28. The lowest BCUT2D eigenvalue weighted by atomic mass is 10.1. The average Bonchev–Trinajstić information content (AvgIpc) is 3.05. The molecule has 0 saturated carbocycles. The third-order valence-corrected chi connectivity index (χ3v) is 4.67. The lowest BCUT2D eigenvalue weighted by molar-refractivity contribution is -0.155. The second kappa shape index (κ2) is 8.65. The second-order valence-electron chi connectivity index (χ2n) is 5.83. The molecule has 27 heavy (non-hydrogen) atoms. The number of benzene rings is 1. The summed E-state index contributed by atoms with van der Waals surface area (Å²) in [6.45, 7) is 2.43. The fourth-order valence-electron chi connectivity index (χ4n) is 2.06. The zero-order valence-electron chi connectivity index (χ0n) is 14.8. The van der Waals surface area contributed by atoms with Gasteiger partial charge in [-0.2, -0.15) is 0 Å². The minimum atomic E-state index is -2.11. The molecule has 1 atom stereocenters. The molecule has 8 nitrogen and oxygen atoms in total. The highest BCUT2D eigenvalue weighted by atomic mass is 32.1. The summed E-state index contributed by atoms with van der Waals surface area (Å²) < 4.78 is 5.02. The fourth-order valence-corrected chi connectivity index (χ4v) is 3.11. The first-order chi connectivity index (χ1) is 12.7. The molecule has 1 aromatic carbocycles. The van der Waals surface area contributed by atoms with E-state index in [2.05, 4.69) is 10.6 Å². The molecule has 0 spiro atoms. The Labute approximate surface area is 159 Å². The van der Waals surface area contributed by atoms with Crippen LogP contribution in [0.5, 0.6) is 0 Å². The van der Waals surface area contributed by atoms with E-state index in [-0.39, 0.29) is 17.2 Å². The number of anilines is 1. The van der Waals surface area contributed by atoms with Crippen LogP contribution in [0.3, 0.4) is 0 Å². The van der Waals surface area contributed by atoms with Gasteiger partial charge in [0.05, 0.1) is 18.7 Å². The van der Waals surface area contributed by atoms with Crippen LogP contribution < -0.4 is 10.6 Å². The van der Waals surface area contributed by atoms with E-state index in [1.165, 1.54) is 11.3 Å². The van der Waals surface area contributed by atoms with Crippen LogP contribution in [-0.2, 0) is 9.53 Å². The molecule has 0 radical (unpaired) electrons. The Balaban J connectivity index is 2.21. The number of urea groups is 1. The van der Waals surface area contributed by atoms with E-state index >= 15 is 0 Å². The minimum absolute atomic E-state index is 0.183. The van der Waals surface area contributed by atoms with Crippen molar-refractivity contribution in [2.75, 3.05) is 18.5 Å². The number of carboxylic acid groups (broad SMARTS) is 1. The molecule has 1 heterocycles. The molecule has 2 aromatic rings. The zero-order chi connectivity index (χ0) is 20.0. The van der Waals surface area contributed by atoms with Crippen molar-refractivity contribution in [3.8, 4) is 10.4 Å². The summed E-state index contributed by atoms with van der Waals surface area (Å²) in [7, 11) is 0. The van der Waals surface area contributed by atoms with E-state index in [0.717, 1.165) is 17.4 Å². The van der Waals surface area contributed by atoms with Gasteiger partial charge in [0, 0.05) is 4.88 Å². The topological polar surface area (TPSA) is 125 Å². The number of amides is 2. The van der Waals surface area contributed by atoms with Crippen LogP contribution in [0.4, 0.5) is 9.80 Å². The number of rotatable bonds is 7. The van der Waals surface area contributed by atoms with Gasteiger partial charge in [-0.05, 0) is 25.5 Å². The molecule has 0 aliphatic carbocycles. The van der Waals surface area contributed by atoms with Gasteiger partial charge in [0.15, 0.2) is 5.60 Å². The monoisotopic (exact) mass is 392 g/mol. The lowest BCUT2D eigenvalue weighted by Crippen LogP contribution is -2.47. The van der Waals surface area contributed by atoms with Gasteiger partial charge in [0.1, 0.15) is 5.00 Å². The molecule has 0 aliphatic heterocycles. The van der Waals surface area contributed by atoms with Crippen LogP contribution in [0.2, 0.25) is 0 Å². The largest absolute Gasteiger partial charge is 0.479 e. The van der Waals surface area contributed by atoms with Gasteiger partial charge in [0.2, 0.25) is 0 Å². The Morgan fingerprint density at radius 1 is 1.22 bits per heavy atom. The number of thiophene rings is 1. The normalized spacial score (nSPS) is 12.7. The Morgan fingerprint density at radius 2 is 1.89 bits per heavy atom. The van der Waals surface area contributed by atoms with Crippen molar-refractivity contribution in [2.24, 2.45) is 0 Å². The van der Waals surface area contributed by atoms with E-state index in [1.54, 1.807) is 13.0 Å². The minimum Gasteiger partial charge on any atom is -0.479 e. The molecule has 4 N–H and O–H groups in total. The molecule has 1 unspecified atom stereocenters. The molecule has 0 bridgehead atoms. The summed E-state index contributed by atoms with van der Waals surface area (Å²) in [6, 6.07) is 10.2. The van der Waals surface area contributed by atoms with E-state index < -0.39 is 30.1 Å². The maximum atomic E-state index is 12.2. The molecule has 2 amide bonds. The number of nitrogens with one attached hydrogen (secondary N) is 2. The number of carboxylic acids is 1. The third-order valence-electron chi connectivity index (χ3n) is 3.57. The van der Waals surface area contributed by atoms with Gasteiger partial charge in [-0.1, -0.05) is 30.3 Å². The number of aliphatic carboxylic acids is 1. The smallest absolute Gasteiger partial charge is 0.341 e. The molecule has 9 heteroatoms. The summed E-state index contributed by atoms with van der Waals surface area (Å²) >= 11 is 1.18. The highest BCUT2D eigenvalue weighted by molar-refractivity contribution is 7.20. The van der Waals surface area contributed by atoms with Crippen LogP contribution >= 0.6 is 11.3 Å². The van der Waals surface area contributed by atoms with Crippen LogP contribution in [0.15, 0.2) is 36.4 Å². The summed E-state index contributed by atoms with van der Waals surface area (Å²) in [5, 5.41) is 23.6. The number of aliphatic hydroxyl groups is 1. The molecule has 1 aromatic heterocycles. The number of hydrogen-bond donors (Lipinski definition) is 4. The van der Waals surface area contributed by atoms with Crippen molar-refractivity contribution in [1.82, 2.24) is 5.32 Å². The maximum Gasteiger partial charge on any atom is 0.341 e. The van der Waals surface area contributed by atoms with E-state index in [1.807, 2.05) is 30.3 Å². The van der Waals surface area contributed by atoms with E-state index in [0.29, 0.717) is 0 Å². The summed E-state index contributed by atoms with van der Waals surface area (Å²) in [5.74, 6) is -2.04. The first-order valence-corrected chi connectivity index (χ1v) is 8.93. The summed E-state index contributed by atoms with van der Waals surface area (Å²) in [6.07, 6.45) is 0. The van der Waals surface area contributed by atoms with Gasteiger partial charge in [-0.3, -0.25) is 5.32 Å². The first kappa shape index (κ1) is 20.4. The number of esters is 1. The van der Waals surface area contributed by atoms with E-state index in [9.17, 15) is 19.5 Å². The zero-order valence-corrected chi connectivity index (χ0v) is 15.6. The fraction of sp³-hybridized carbons (Fsp3) is 0.278. The van der Waals surface area contributed by atoms with Crippen LogP contribution in [-0.4, -0.2) is 46.9 Å². The average molecular weight is 392 g/mol. The van der Waals surface area contributed by atoms with E-state index in [4.69, 9.17) is 9.84 Å². The van der Waals surface area contributed by atoms with Crippen molar-refractivity contribution < 1.29 is 29.3 Å². The predicted molar refractivity (Wildman–Crippen MR) is 101 cm³/mol. The molecule has 2 rings (SSSR count).